The van der Waals surface area contributed by atoms with Crippen molar-refractivity contribution in [1.82, 2.24) is 0 Å². The first-order chi connectivity index (χ1) is 4.38. The van der Waals surface area contributed by atoms with Crippen LogP contribution in [0.3, 0.4) is 0 Å². The summed E-state index contributed by atoms with van der Waals surface area (Å²) >= 11 is 5.41. The quantitative estimate of drug-likeness (QED) is 0.434. The maximum Gasteiger partial charge on any atom is 0.0645 e. The van der Waals surface area contributed by atoms with Crippen LogP contribution in [-0.2, 0) is 4.74 Å². The van der Waals surface area contributed by atoms with Gasteiger partial charge < -0.3 is 4.74 Å². The van der Waals surface area contributed by atoms with Crippen LogP contribution in [0.5, 0.6) is 0 Å². The molecule has 0 heterocycles. The lowest BCUT2D eigenvalue weighted by Gasteiger charge is -1.95. The first kappa shape index (κ1) is 7.10. The molecule has 0 aromatic carbocycles. The van der Waals surface area contributed by atoms with Gasteiger partial charge in [0, 0.05) is 11.8 Å². The Labute approximate surface area is 60.7 Å². The minimum Gasteiger partial charge on any atom is -0.376 e. The van der Waals surface area contributed by atoms with Crippen molar-refractivity contribution in [3.8, 4) is 0 Å². The first-order valence-electron chi connectivity index (χ1n) is 3.18. The van der Waals surface area contributed by atoms with E-state index in [4.69, 9.17) is 16.3 Å². The zero-order valence-corrected chi connectivity index (χ0v) is 6.10. The number of ether oxygens (including phenoxy) is 1. The van der Waals surface area contributed by atoms with Crippen LogP contribution < -0.4 is 0 Å². The first-order valence-corrected chi connectivity index (χ1v) is 3.72. The topological polar surface area (TPSA) is 9.23 Å². The maximum absolute atomic E-state index is 5.41. The fourth-order valence-corrected chi connectivity index (χ4v) is 0.914. The van der Waals surface area contributed by atoms with Gasteiger partial charge in [-0.2, -0.15) is 0 Å². The van der Waals surface area contributed by atoms with E-state index in [-0.39, 0.29) is 0 Å². The zero-order chi connectivity index (χ0) is 6.69. The third-order valence-corrected chi connectivity index (χ3v) is 1.65. The van der Waals surface area contributed by atoms with Gasteiger partial charge in [0.05, 0.1) is 12.7 Å². The molecule has 0 amide bonds. The number of halogens is 1. The summed E-state index contributed by atoms with van der Waals surface area (Å²) in [4.78, 5) is 0. The highest BCUT2D eigenvalue weighted by atomic mass is 35.5. The van der Waals surface area contributed by atoms with Gasteiger partial charge in [0.1, 0.15) is 0 Å². The smallest absolute Gasteiger partial charge is 0.0645 e. The van der Waals surface area contributed by atoms with Crippen molar-refractivity contribution in [3.05, 3.63) is 12.7 Å². The van der Waals surface area contributed by atoms with Crippen molar-refractivity contribution in [2.24, 2.45) is 5.92 Å². The molecule has 0 aliphatic heterocycles. The lowest BCUT2D eigenvalue weighted by molar-refractivity contribution is 0.127. The highest BCUT2D eigenvalue weighted by Gasteiger charge is 2.34. The predicted molar refractivity (Wildman–Crippen MR) is 38.8 cm³/mol. The second-order valence-corrected chi connectivity index (χ2v) is 2.61. The SMILES string of the molecule is C=CC1CC1OCCCl. The Morgan fingerprint density at radius 2 is 2.56 bits per heavy atom. The molecule has 1 saturated carbocycles. The minimum atomic E-state index is 0.432. The molecular weight excluding hydrogens is 136 g/mol. The van der Waals surface area contributed by atoms with Gasteiger partial charge in [-0.1, -0.05) is 6.08 Å². The summed E-state index contributed by atoms with van der Waals surface area (Å²) < 4.78 is 5.30. The van der Waals surface area contributed by atoms with Crippen molar-refractivity contribution in [2.75, 3.05) is 12.5 Å². The molecule has 2 unspecified atom stereocenters. The molecule has 9 heavy (non-hydrogen) atoms. The standard InChI is InChI=1S/C7H11ClO/c1-2-6-5-7(6)9-4-3-8/h2,6-7H,1,3-5H2. The molecule has 0 aromatic rings. The Balaban J connectivity index is 1.98. The van der Waals surface area contributed by atoms with Crippen molar-refractivity contribution in [1.29, 1.82) is 0 Å². The van der Waals surface area contributed by atoms with Gasteiger partial charge in [-0.05, 0) is 6.42 Å². The van der Waals surface area contributed by atoms with Crippen molar-refractivity contribution >= 4 is 11.6 Å². The molecule has 0 saturated heterocycles. The van der Waals surface area contributed by atoms with Crippen molar-refractivity contribution in [3.63, 3.8) is 0 Å². The van der Waals surface area contributed by atoms with Gasteiger partial charge in [-0.25, -0.2) is 0 Å². The third kappa shape index (κ3) is 1.99. The van der Waals surface area contributed by atoms with Crippen LogP contribution in [0.2, 0.25) is 0 Å². The molecule has 0 spiro atoms. The molecule has 2 atom stereocenters. The molecule has 2 heteroatoms. The van der Waals surface area contributed by atoms with Crippen LogP contribution >= 0.6 is 11.6 Å². The Morgan fingerprint density at radius 1 is 1.78 bits per heavy atom. The average Bonchev–Trinajstić information content (AvgIpc) is 2.62. The van der Waals surface area contributed by atoms with Gasteiger partial charge in [0.2, 0.25) is 0 Å². The number of hydrogen-bond donors (Lipinski definition) is 0. The minimum absolute atomic E-state index is 0.432. The van der Waals surface area contributed by atoms with Gasteiger partial charge in [0.15, 0.2) is 0 Å². The largest absolute Gasteiger partial charge is 0.376 e. The molecule has 0 radical (unpaired) electrons. The molecule has 52 valence electrons. The van der Waals surface area contributed by atoms with Crippen LogP contribution in [0.4, 0.5) is 0 Å². The van der Waals surface area contributed by atoms with Crippen molar-refractivity contribution < 1.29 is 4.74 Å². The molecule has 1 aliphatic carbocycles. The van der Waals surface area contributed by atoms with Crippen molar-refractivity contribution in [2.45, 2.75) is 12.5 Å². The fraction of sp³-hybridized carbons (Fsp3) is 0.714. The Hall–Kier alpha value is -0.0100. The normalized spacial score (nSPS) is 32.1. The van der Waals surface area contributed by atoms with Gasteiger partial charge in [-0.15, -0.1) is 18.2 Å². The summed E-state index contributed by atoms with van der Waals surface area (Å²) in [6.45, 7) is 4.35. The van der Waals surface area contributed by atoms with E-state index in [1.165, 1.54) is 0 Å². The monoisotopic (exact) mass is 146 g/mol. The lowest BCUT2D eigenvalue weighted by atomic mass is 10.4. The van der Waals surface area contributed by atoms with E-state index in [1.807, 2.05) is 6.08 Å². The van der Waals surface area contributed by atoms with Crippen LogP contribution in [0.1, 0.15) is 6.42 Å². The van der Waals surface area contributed by atoms with E-state index in [2.05, 4.69) is 6.58 Å². The Kier molecular flexibility index (Phi) is 2.55. The van der Waals surface area contributed by atoms with E-state index >= 15 is 0 Å². The second-order valence-electron chi connectivity index (χ2n) is 2.23. The van der Waals surface area contributed by atoms with E-state index in [0.717, 1.165) is 6.42 Å². The summed E-state index contributed by atoms with van der Waals surface area (Å²) in [7, 11) is 0. The van der Waals surface area contributed by atoms with E-state index < -0.39 is 0 Å². The Morgan fingerprint density at radius 3 is 3.00 bits per heavy atom. The Bertz CT molecular complexity index is 103. The van der Waals surface area contributed by atoms with E-state index in [1.54, 1.807) is 0 Å². The average molecular weight is 147 g/mol. The molecule has 0 aromatic heterocycles. The van der Waals surface area contributed by atoms with Crippen LogP contribution in [0.15, 0.2) is 12.7 Å². The molecular formula is C7H11ClO. The van der Waals surface area contributed by atoms with Crippen LogP contribution in [0.25, 0.3) is 0 Å². The van der Waals surface area contributed by atoms with Gasteiger partial charge in [-0.3, -0.25) is 0 Å². The number of hydrogen-bond acceptors (Lipinski definition) is 1. The maximum atomic E-state index is 5.41. The number of alkyl halides is 1. The van der Waals surface area contributed by atoms with E-state index in [0.29, 0.717) is 24.5 Å². The molecule has 1 nitrogen and oxygen atoms in total. The fourth-order valence-electron chi connectivity index (χ4n) is 0.825. The molecule has 0 N–H and O–H groups in total. The van der Waals surface area contributed by atoms with E-state index in [9.17, 15) is 0 Å². The second kappa shape index (κ2) is 3.23. The predicted octanol–water partition coefficient (Wildman–Crippen LogP) is 1.82. The molecule has 1 fully saturated rings. The molecule has 0 bridgehead atoms. The zero-order valence-electron chi connectivity index (χ0n) is 5.35. The van der Waals surface area contributed by atoms with Gasteiger partial charge in [0.25, 0.3) is 0 Å². The highest BCUT2D eigenvalue weighted by molar-refractivity contribution is 6.17. The van der Waals surface area contributed by atoms with Gasteiger partial charge >= 0.3 is 0 Å². The summed E-state index contributed by atoms with van der Waals surface area (Å²) in [6, 6.07) is 0. The number of rotatable bonds is 4. The summed E-state index contributed by atoms with van der Waals surface area (Å²) in [5, 5.41) is 0. The van der Waals surface area contributed by atoms with Crippen LogP contribution in [0, 0.1) is 5.92 Å². The summed E-state index contributed by atoms with van der Waals surface area (Å²) in [6.07, 6.45) is 3.51. The third-order valence-electron chi connectivity index (χ3n) is 1.49. The lowest BCUT2D eigenvalue weighted by Crippen LogP contribution is -1.98. The highest BCUT2D eigenvalue weighted by Crippen LogP contribution is 2.34. The summed E-state index contributed by atoms with van der Waals surface area (Å²) in [5.41, 5.74) is 0. The molecule has 1 rings (SSSR count). The summed E-state index contributed by atoms with van der Waals surface area (Å²) in [5.74, 6) is 1.20. The molecule has 1 aliphatic rings. The van der Waals surface area contributed by atoms with Crippen LogP contribution in [-0.4, -0.2) is 18.6 Å².